The van der Waals surface area contributed by atoms with E-state index in [9.17, 15) is 14.4 Å². The highest BCUT2D eigenvalue weighted by molar-refractivity contribution is 7.10. The second-order valence-corrected chi connectivity index (χ2v) is 7.94. The molecular formula is C21H22N2O4S. The van der Waals surface area contributed by atoms with Crippen molar-refractivity contribution in [1.29, 1.82) is 0 Å². The summed E-state index contributed by atoms with van der Waals surface area (Å²) in [4.78, 5) is 42.0. The van der Waals surface area contributed by atoms with Crippen molar-refractivity contribution in [2.75, 3.05) is 13.2 Å². The number of hydrogen-bond donors (Lipinski definition) is 1. The Bertz CT molecular complexity index is 898. The molecule has 1 N–H and O–H groups in total. The Labute approximate surface area is 167 Å². The molecule has 1 aromatic carbocycles. The molecule has 2 aromatic rings. The summed E-state index contributed by atoms with van der Waals surface area (Å²) in [6, 6.07) is 12.5. The van der Waals surface area contributed by atoms with Crippen molar-refractivity contribution in [3.8, 4) is 0 Å². The number of nitrogens with zero attached hydrogens (tertiary/aromatic N) is 1. The lowest BCUT2D eigenvalue weighted by Gasteiger charge is -2.33. The van der Waals surface area contributed by atoms with E-state index in [0.717, 1.165) is 4.88 Å². The fourth-order valence-electron chi connectivity index (χ4n) is 4.51. The third-order valence-corrected chi connectivity index (χ3v) is 6.60. The molecule has 146 valence electrons. The summed E-state index contributed by atoms with van der Waals surface area (Å²) in [5.74, 6) is -2.55. The molecule has 2 aliphatic heterocycles. The summed E-state index contributed by atoms with van der Waals surface area (Å²) in [6.07, 6.45) is 0. The Morgan fingerprint density at radius 3 is 2.50 bits per heavy atom. The van der Waals surface area contributed by atoms with Crippen LogP contribution in [0.5, 0.6) is 0 Å². The number of ether oxygens (including phenoxy) is 1. The standard InChI is InChI=1S/C21H22N2O4S/c1-3-23-18(24)15-16(19(23)25)21(20(26)27-4-2,13-9-6-5-7-10-13)22-17(15)14-11-8-12-28-14/h5-12,15-17,22H,3-4H2,1-2H3/t15-,16+,17+,21-/m1/s1. The molecule has 0 radical (unpaired) electrons. The number of carbonyl (C=O) groups is 3. The summed E-state index contributed by atoms with van der Waals surface area (Å²) in [7, 11) is 0. The van der Waals surface area contributed by atoms with Crippen LogP contribution in [0, 0.1) is 11.8 Å². The molecule has 3 heterocycles. The van der Waals surface area contributed by atoms with Crippen molar-refractivity contribution in [2.24, 2.45) is 11.8 Å². The molecule has 4 atom stereocenters. The first kappa shape index (κ1) is 18.8. The van der Waals surface area contributed by atoms with Crippen LogP contribution in [0.3, 0.4) is 0 Å². The van der Waals surface area contributed by atoms with E-state index in [0.29, 0.717) is 5.56 Å². The zero-order valence-corrected chi connectivity index (χ0v) is 16.6. The Hall–Kier alpha value is -2.51. The molecule has 0 saturated carbocycles. The highest BCUT2D eigenvalue weighted by atomic mass is 32.1. The third-order valence-electron chi connectivity index (χ3n) is 5.64. The van der Waals surface area contributed by atoms with Crippen LogP contribution >= 0.6 is 11.3 Å². The molecule has 28 heavy (non-hydrogen) atoms. The van der Waals surface area contributed by atoms with Crippen LogP contribution in [0.1, 0.15) is 30.3 Å². The minimum atomic E-state index is -1.40. The SMILES string of the molecule is CCOC(=O)[C@]1(c2ccccc2)N[C@@H](c2cccs2)[C@@H]2C(=O)N(CC)C(=O)[C@H]21. The monoisotopic (exact) mass is 398 g/mol. The number of amides is 2. The smallest absolute Gasteiger partial charge is 0.331 e. The van der Waals surface area contributed by atoms with Crippen LogP contribution in [0.15, 0.2) is 47.8 Å². The van der Waals surface area contributed by atoms with Crippen LogP contribution < -0.4 is 5.32 Å². The van der Waals surface area contributed by atoms with E-state index in [1.165, 1.54) is 16.2 Å². The zero-order chi connectivity index (χ0) is 19.9. The molecular weight excluding hydrogens is 376 g/mol. The van der Waals surface area contributed by atoms with Gasteiger partial charge in [0.15, 0.2) is 5.54 Å². The van der Waals surface area contributed by atoms with Gasteiger partial charge in [-0.25, -0.2) is 4.79 Å². The average molecular weight is 398 g/mol. The first-order chi connectivity index (χ1) is 13.6. The molecule has 2 fully saturated rings. The molecule has 4 rings (SSSR count). The van der Waals surface area contributed by atoms with Gasteiger partial charge < -0.3 is 4.74 Å². The molecule has 2 aliphatic rings. The average Bonchev–Trinajstić information content (AvgIpc) is 3.40. The van der Waals surface area contributed by atoms with E-state index in [1.807, 2.05) is 47.8 Å². The van der Waals surface area contributed by atoms with Gasteiger partial charge in [0.1, 0.15) is 0 Å². The summed E-state index contributed by atoms with van der Waals surface area (Å²) < 4.78 is 5.43. The maximum atomic E-state index is 13.3. The minimum absolute atomic E-state index is 0.190. The van der Waals surface area contributed by atoms with Gasteiger partial charge in [-0.15, -0.1) is 11.3 Å². The van der Waals surface area contributed by atoms with Crippen LogP contribution in [-0.4, -0.2) is 35.8 Å². The molecule has 0 aliphatic carbocycles. The number of imide groups is 1. The topological polar surface area (TPSA) is 75.7 Å². The van der Waals surface area contributed by atoms with Crippen molar-refractivity contribution in [2.45, 2.75) is 25.4 Å². The fraction of sp³-hybridized carbons (Fsp3) is 0.381. The normalized spacial score (nSPS) is 29.2. The molecule has 0 bridgehead atoms. The predicted octanol–water partition coefficient (Wildman–Crippen LogP) is 2.47. The van der Waals surface area contributed by atoms with Gasteiger partial charge in [-0.2, -0.15) is 0 Å². The van der Waals surface area contributed by atoms with Gasteiger partial charge in [0.25, 0.3) is 0 Å². The van der Waals surface area contributed by atoms with Crippen molar-refractivity contribution in [1.82, 2.24) is 10.2 Å². The Morgan fingerprint density at radius 1 is 1.14 bits per heavy atom. The molecule has 0 spiro atoms. The molecule has 2 amide bonds. The highest BCUT2D eigenvalue weighted by Crippen LogP contribution is 2.53. The summed E-state index contributed by atoms with van der Waals surface area (Å²) in [5.41, 5.74) is -0.755. The van der Waals surface area contributed by atoms with Crippen LogP contribution in [0.4, 0.5) is 0 Å². The van der Waals surface area contributed by atoms with E-state index in [-0.39, 0.29) is 25.0 Å². The number of carbonyl (C=O) groups excluding carboxylic acids is 3. The first-order valence-electron chi connectivity index (χ1n) is 9.45. The number of esters is 1. The van der Waals surface area contributed by atoms with Crippen LogP contribution in [0.25, 0.3) is 0 Å². The van der Waals surface area contributed by atoms with Crippen molar-refractivity contribution in [3.63, 3.8) is 0 Å². The summed E-state index contributed by atoms with van der Waals surface area (Å²) in [5, 5.41) is 5.31. The van der Waals surface area contributed by atoms with Gasteiger partial charge in [0.2, 0.25) is 11.8 Å². The van der Waals surface area contributed by atoms with Gasteiger partial charge in [0, 0.05) is 11.4 Å². The number of benzene rings is 1. The molecule has 6 nitrogen and oxygen atoms in total. The maximum absolute atomic E-state index is 13.3. The van der Waals surface area contributed by atoms with E-state index >= 15 is 0 Å². The number of hydrogen-bond acceptors (Lipinski definition) is 6. The Morgan fingerprint density at radius 2 is 1.89 bits per heavy atom. The lowest BCUT2D eigenvalue weighted by molar-refractivity contribution is -0.157. The van der Waals surface area contributed by atoms with Gasteiger partial charge in [-0.3, -0.25) is 19.8 Å². The fourth-order valence-corrected chi connectivity index (χ4v) is 5.33. The zero-order valence-electron chi connectivity index (χ0n) is 15.8. The molecule has 7 heteroatoms. The number of rotatable bonds is 5. The van der Waals surface area contributed by atoms with Gasteiger partial charge >= 0.3 is 5.97 Å². The Kier molecular flexibility index (Phi) is 4.81. The summed E-state index contributed by atoms with van der Waals surface area (Å²) >= 11 is 1.51. The van der Waals surface area contributed by atoms with Gasteiger partial charge in [-0.05, 0) is 30.9 Å². The Balaban J connectivity index is 1.93. The quantitative estimate of drug-likeness (QED) is 0.619. The number of fused-ring (bicyclic) bond motifs is 1. The van der Waals surface area contributed by atoms with Crippen molar-refractivity contribution in [3.05, 3.63) is 58.3 Å². The van der Waals surface area contributed by atoms with Gasteiger partial charge in [0.05, 0.1) is 24.5 Å². The lowest BCUT2D eigenvalue weighted by atomic mass is 9.75. The second-order valence-electron chi connectivity index (χ2n) is 6.96. The molecule has 1 aromatic heterocycles. The van der Waals surface area contributed by atoms with Crippen molar-refractivity contribution >= 4 is 29.1 Å². The second kappa shape index (κ2) is 7.14. The predicted molar refractivity (Wildman–Crippen MR) is 104 cm³/mol. The first-order valence-corrected chi connectivity index (χ1v) is 10.3. The van der Waals surface area contributed by atoms with Crippen LogP contribution in [0.2, 0.25) is 0 Å². The summed E-state index contributed by atoms with van der Waals surface area (Å²) in [6.45, 7) is 3.99. The number of thiophene rings is 1. The number of likely N-dealkylation sites (tertiary alicyclic amines) is 1. The maximum Gasteiger partial charge on any atom is 0.331 e. The van der Waals surface area contributed by atoms with Crippen LogP contribution in [-0.2, 0) is 24.7 Å². The van der Waals surface area contributed by atoms with E-state index in [4.69, 9.17) is 4.74 Å². The largest absolute Gasteiger partial charge is 0.464 e. The van der Waals surface area contributed by atoms with E-state index in [2.05, 4.69) is 5.32 Å². The molecule has 2 saturated heterocycles. The van der Waals surface area contributed by atoms with Gasteiger partial charge in [-0.1, -0.05) is 36.4 Å². The molecule has 0 unspecified atom stereocenters. The third kappa shape index (κ3) is 2.53. The highest BCUT2D eigenvalue weighted by Gasteiger charge is 2.69. The number of nitrogens with one attached hydrogen (secondary N) is 1. The van der Waals surface area contributed by atoms with E-state index < -0.39 is 29.4 Å². The van der Waals surface area contributed by atoms with Crippen molar-refractivity contribution < 1.29 is 19.1 Å². The van der Waals surface area contributed by atoms with E-state index in [1.54, 1.807) is 13.8 Å². The minimum Gasteiger partial charge on any atom is -0.464 e. The lowest BCUT2D eigenvalue weighted by Crippen LogP contribution is -2.53.